The Labute approximate surface area is 113 Å². The summed E-state index contributed by atoms with van der Waals surface area (Å²) < 4.78 is 0. The number of carbonyl (C=O) groups is 2. The predicted octanol–water partition coefficient (Wildman–Crippen LogP) is 2.35. The number of carbonyl (C=O) groups excluding carboxylic acids is 1. The third-order valence-corrected chi connectivity index (χ3v) is 2.69. The molecule has 0 aliphatic heterocycles. The van der Waals surface area contributed by atoms with E-state index in [1.165, 1.54) is 12.1 Å². The molecule has 1 amide bonds. The molecule has 1 aromatic heterocycles. The van der Waals surface area contributed by atoms with Crippen LogP contribution in [0.2, 0.25) is 0 Å². The Morgan fingerprint density at radius 2 is 1.79 bits per heavy atom. The second-order valence-corrected chi connectivity index (χ2v) is 4.48. The van der Waals surface area contributed by atoms with E-state index in [2.05, 4.69) is 4.98 Å². The first kappa shape index (κ1) is 15.1. The second kappa shape index (κ2) is 6.87. The Bertz CT molecular complexity index is 466. The number of aromatic nitrogens is 1. The fourth-order valence-electron chi connectivity index (χ4n) is 1.92. The molecule has 0 aliphatic carbocycles. The van der Waals surface area contributed by atoms with Crippen LogP contribution in [-0.4, -0.2) is 40.0 Å². The zero-order valence-electron chi connectivity index (χ0n) is 11.6. The van der Waals surface area contributed by atoms with Crippen molar-refractivity contribution >= 4 is 11.9 Å². The van der Waals surface area contributed by atoms with Crippen molar-refractivity contribution in [2.24, 2.45) is 0 Å². The number of hydrogen-bond donors (Lipinski definition) is 1. The van der Waals surface area contributed by atoms with E-state index in [1.54, 1.807) is 11.8 Å². The van der Waals surface area contributed by atoms with E-state index >= 15 is 0 Å². The van der Waals surface area contributed by atoms with Crippen LogP contribution >= 0.6 is 0 Å². The molecule has 1 rings (SSSR count). The highest BCUT2D eigenvalue weighted by atomic mass is 16.4. The second-order valence-electron chi connectivity index (χ2n) is 4.48. The molecule has 0 radical (unpaired) electrons. The normalized spacial score (nSPS) is 10.3. The molecule has 0 saturated heterocycles. The number of carboxylic acids is 1. The Balaban J connectivity index is 3.06. The first-order valence-electron chi connectivity index (χ1n) is 6.50. The van der Waals surface area contributed by atoms with E-state index in [4.69, 9.17) is 5.11 Å². The molecule has 5 nitrogen and oxygen atoms in total. The Morgan fingerprint density at radius 3 is 2.26 bits per heavy atom. The van der Waals surface area contributed by atoms with Crippen molar-refractivity contribution in [1.29, 1.82) is 0 Å². The van der Waals surface area contributed by atoms with Gasteiger partial charge in [-0.2, -0.15) is 0 Å². The molecule has 0 aromatic carbocycles. The summed E-state index contributed by atoms with van der Waals surface area (Å²) in [7, 11) is 0. The van der Waals surface area contributed by atoms with Gasteiger partial charge in [-0.3, -0.25) is 4.79 Å². The molecule has 1 heterocycles. The van der Waals surface area contributed by atoms with Crippen molar-refractivity contribution < 1.29 is 14.7 Å². The van der Waals surface area contributed by atoms with E-state index in [9.17, 15) is 9.59 Å². The molecule has 104 valence electrons. The summed E-state index contributed by atoms with van der Waals surface area (Å²) in [6.07, 6.45) is 1.73. The van der Waals surface area contributed by atoms with E-state index in [0.29, 0.717) is 18.8 Å². The Morgan fingerprint density at radius 1 is 1.21 bits per heavy atom. The highest BCUT2D eigenvalue weighted by Crippen LogP contribution is 2.09. The van der Waals surface area contributed by atoms with Crippen LogP contribution in [0.15, 0.2) is 12.1 Å². The number of amides is 1. The van der Waals surface area contributed by atoms with Gasteiger partial charge >= 0.3 is 5.97 Å². The quantitative estimate of drug-likeness (QED) is 0.856. The van der Waals surface area contributed by atoms with Crippen molar-refractivity contribution in [2.75, 3.05) is 13.1 Å². The fourth-order valence-corrected chi connectivity index (χ4v) is 1.92. The van der Waals surface area contributed by atoms with Gasteiger partial charge < -0.3 is 10.0 Å². The molecule has 1 aromatic rings. The highest BCUT2D eigenvalue weighted by Gasteiger charge is 2.18. The molecule has 0 aliphatic rings. The van der Waals surface area contributed by atoms with Gasteiger partial charge in [-0.1, -0.05) is 13.8 Å². The van der Waals surface area contributed by atoms with Crippen molar-refractivity contribution in [2.45, 2.75) is 33.6 Å². The van der Waals surface area contributed by atoms with E-state index < -0.39 is 5.97 Å². The van der Waals surface area contributed by atoms with Crippen molar-refractivity contribution in [3.63, 3.8) is 0 Å². The number of hydrogen-bond acceptors (Lipinski definition) is 3. The smallest absolute Gasteiger partial charge is 0.335 e. The van der Waals surface area contributed by atoms with Gasteiger partial charge in [-0.15, -0.1) is 0 Å². The summed E-state index contributed by atoms with van der Waals surface area (Å²) in [4.78, 5) is 29.2. The van der Waals surface area contributed by atoms with Crippen LogP contribution in [0.3, 0.4) is 0 Å². The van der Waals surface area contributed by atoms with Crippen LogP contribution in [0.4, 0.5) is 0 Å². The molecular formula is C14H20N2O3. The maximum absolute atomic E-state index is 12.3. The van der Waals surface area contributed by atoms with Gasteiger partial charge in [0.1, 0.15) is 5.69 Å². The topological polar surface area (TPSA) is 70.5 Å². The molecule has 0 atom stereocenters. The molecule has 19 heavy (non-hydrogen) atoms. The summed E-state index contributed by atoms with van der Waals surface area (Å²) in [5.41, 5.74) is 0.847. The van der Waals surface area contributed by atoms with Gasteiger partial charge in [0.2, 0.25) is 0 Å². The molecule has 0 fully saturated rings. The zero-order valence-corrected chi connectivity index (χ0v) is 11.6. The fraction of sp³-hybridized carbons (Fsp3) is 0.500. The van der Waals surface area contributed by atoms with Gasteiger partial charge in [0.15, 0.2) is 0 Å². The maximum atomic E-state index is 12.3. The molecule has 0 unspecified atom stereocenters. The van der Waals surface area contributed by atoms with E-state index in [0.717, 1.165) is 12.8 Å². The van der Waals surface area contributed by atoms with Crippen molar-refractivity contribution in [1.82, 2.24) is 9.88 Å². The number of pyridine rings is 1. The number of carboxylic acid groups (broad SMARTS) is 1. The molecular weight excluding hydrogens is 244 g/mol. The minimum absolute atomic E-state index is 0.101. The molecule has 0 saturated carbocycles. The van der Waals surface area contributed by atoms with Gasteiger partial charge in [-0.05, 0) is 31.9 Å². The zero-order chi connectivity index (χ0) is 14.4. The molecule has 5 heteroatoms. The number of aryl methyl sites for hydroxylation is 1. The summed E-state index contributed by atoms with van der Waals surface area (Å²) in [6.45, 7) is 7.01. The van der Waals surface area contributed by atoms with Gasteiger partial charge in [0, 0.05) is 18.8 Å². The number of aromatic carboxylic acids is 1. The lowest BCUT2D eigenvalue weighted by molar-refractivity contribution is 0.0696. The monoisotopic (exact) mass is 264 g/mol. The van der Waals surface area contributed by atoms with Crippen LogP contribution in [0.25, 0.3) is 0 Å². The van der Waals surface area contributed by atoms with Gasteiger partial charge in [0.05, 0.1) is 5.56 Å². The predicted molar refractivity (Wildman–Crippen MR) is 72.4 cm³/mol. The lowest BCUT2D eigenvalue weighted by atomic mass is 10.1. The first-order valence-corrected chi connectivity index (χ1v) is 6.50. The third-order valence-electron chi connectivity index (χ3n) is 2.69. The summed E-state index contributed by atoms with van der Waals surface area (Å²) >= 11 is 0. The Kier molecular flexibility index (Phi) is 5.48. The average Bonchev–Trinajstić information content (AvgIpc) is 2.37. The largest absolute Gasteiger partial charge is 0.478 e. The van der Waals surface area contributed by atoms with Gasteiger partial charge in [0.25, 0.3) is 5.91 Å². The van der Waals surface area contributed by atoms with Crippen LogP contribution in [0.5, 0.6) is 0 Å². The van der Waals surface area contributed by atoms with Crippen LogP contribution in [0, 0.1) is 6.92 Å². The van der Waals surface area contributed by atoms with Crippen LogP contribution in [0.1, 0.15) is 53.2 Å². The van der Waals surface area contributed by atoms with Crippen LogP contribution in [-0.2, 0) is 0 Å². The summed E-state index contributed by atoms with van der Waals surface area (Å²) in [6, 6.07) is 2.80. The lowest BCUT2D eigenvalue weighted by Crippen LogP contribution is -2.33. The summed E-state index contributed by atoms with van der Waals surface area (Å²) in [5.74, 6) is -1.24. The average molecular weight is 264 g/mol. The number of rotatable bonds is 6. The minimum atomic E-state index is -1.04. The Hall–Kier alpha value is -1.91. The maximum Gasteiger partial charge on any atom is 0.335 e. The molecule has 1 N–H and O–H groups in total. The van der Waals surface area contributed by atoms with Gasteiger partial charge in [-0.25, -0.2) is 9.78 Å². The van der Waals surface area contributed by atoms with E-state index in [1.807, 2.05) is 13.8 Å². The molecule has 0 spiro atoms. The van der Waals surface area contributed by atoms with Crippen LogP contribution < -0.4 is 0 Å². The standard InChI is InChI=1S/C14H20N2O3/c1-4-6-16(7-5-2)13(17)12-9-11(14(18)19)8-10(3)15-12/h8-9H,4-7H2,1-3H3,(H,18,19). The van der Waals surface area contributed by atoms with Crippen molar-refractivity contribution in [3.8, 4) is 0 Å². The first-order chi connectivity index (χ1) is 8.99. The number of nitrogens with zero attached hydrogens (tertiary/aromatic N) is 2. The molecule has 0 bridgehead atoms. The summed E-state index contributed by atoms with van der Waals surface area (Å²) in [5, 5.41) is 9.01. The minimum Gasteiger partial charge on any atom is -0.478 e. The SMILES string of the molecule is CCCN(CCC)C(=O)c1cc(C(=O)O)cc(C)n1. The lowest BCUT2D eigenvalue weighted by Gasteiger charge is -2.21. The van der Waals surface area contributed by atoms with Crippen molar-refractivity contribution in [3.05, 3.63) is 29.1 Å². The highest BCUT2D eigenvalue weighted by molar-refractivity contribution is 5.96. The third kappa shape index (κ3) is 4.05. The van der Waals surface area contributed by atoms with E-state index in [-0.39, 0.29) is 17.2 Å².